The molecule has 27 heavy (non-hydrogen) atoms. The largest absolute Gasteiger partial charge is 0.466 e. The molecule has 142 valence electrons. The molecule has 0 spiro atoms. The Hall–Kier alpha value is -2.73. The SMILES string of the molecule is CCOC(=O)C[C@@H](c1ccc(C)c(CO)c1)c1ccc2c(nnn2C)c1C. The van der Waals surface area contributed by atoms with Crippen LogP contribution in [0.15, 0.2) is 30.3 Å². The first-order valence-corrected chi connectivity index (χ1v) is 9.11. The van der Waals surface area contributed by atoms with Crippen LogP contribution in [-0.2, 0) is 23.2 Å². The van der Waals surface area contributed by atoms with E-state index in [-0.39, 0.29) is 24.9 Å². The van der Waals surface area contributed by atoms with E-state index in [2.05, 4.69) is 10.3 Å². The molecule has 6 nitrogen and oxygen atoms in total. The second-order valence-corrected chi connectivity index (χ2v) is 6.77. The molecule has 0 saturated carbocycles. The Bertz CT molecular complexity index is 978. The molecule has 6 heteroatoms. The van der Waals surface area contributed by atoms with Gasteiger partial charge < -0.3 is 9.84 Å². The number of aliphatic hydroxyl groups is 1. The van der Waals surface area contributed by atoms with Gasteiger partial charge in [-0.3, -0.25) is 4.79 Å². The number of benzene rings is 2. The van der Waals surface area contributed by atoms with Crippen LogP contribution in [0.5, 0.6) is 0 Å². The van der Waals surface area contributed by atoms with E-state index in [1.54, 1.807) is 11.6 Å². The van der Waals surface area contributed by atoms with Crippen molar-refractivity contribution in [3.8, 4) is 0 Å². The summed E-state index contributed by atoms with van der Waals surface area (Å²) in [5.74, 6) is -0.423. The maximum Gasteiger partial charge on any atom is 0.306 e. The summed E-state index contributed by atoms with van der Waals surface area (Å²) in [4.78, 5) is 12.3. The minimum absolute atomic E-state index is 0.0338. The zero-order valence-corrected chi connectivity index (χ0v) is 16.2. The van der Waals surface area contributed by atoms with Gasteiger partial charge in [-0.1, -0.05) is 29.5 Å². The number of aromatic nitrogens is 3. The number of hydrogen-bond acceptors (Lipinski definition) is 5. The molecule has 0 fully saturated rings. The van der Waals surface area contributed by atoms with E-state index in [1.165, 1.54) is 0 Å². The lowest BCUT2D eigenvalue weighted by Gasteiger charge is -2.21. The normalized spacial score (nSPS) is 12.3. The maximum absolute atomic E-state index is 12.3. The molecule has 0 saturated heterocycles. The maximum atomic E-state index is 12.3. The molecule has 1 aromatic heterocycles. The molecule has 0 aliphatic rings. The molecule has 0 radical (unpaired) electrons. The van der Waals surface area contributed by atoms with Gasteiger partial charge in [0.1, 0.15) is 5.52 Å². The van der Waals surface area contributed by atoms with Crippen molar-refractivity contribution < 1.29 is 14.6 Å². The van der Waals surface area contributed by atoms with Gasteiger partial charge in [-0.15, -0.1) is 5.10 Å². The first kappa shape index (κ1) is 19.0. The molecule has 0 bridgehead atoms. The lowest BCUT2D eigenvalue weighted by molar-refractivity contribution is -0.143. The predicted molar refractivity (Wildman–Crippen MR) is 103 cm³/mol. The summed E-state index contributed by atoms with van der Waals surface area (Å²) in [7, 11) is 1.86. The standard InChI is InChI=1S/C21H25N3O3/c1-5-27-20(26)11-18(15-7-6-13(2)16(10-15)12-25)17-8-9-19-21(14(17)3)22-23-24(19)4/h6-10,18,25H,5,11-12H2,1-4H3/t18-/m0/s1. The van der Waals surface area contributed by atoms with Gasteiger partial charge in [0.15, 0.2) is 0 Å². The fourth-order valence-electron chi connectivity index (χ4n) is 3.50. The third-order valence-electron chi connectivity index (χ3n) is 5.08. The third-order valence-corrected chi connectivity index (χ3v) is 5.08. The van der Waals surface area contributed by atoms with Crippen LogP contribution in [0.2, 0.25) is 0 Å². The highest BCUT2D eigenvalue weighted by Crippen LogP contribution is 2.34. The van der Waals surface area contributed by atoms with E-state index in [4.69, 9.17) is 4.74 Å². The van der Waals surface area contributed by atoms with E-state index in [9.17, 15) is 9.90 Å². The quantitative estimate of drug-likeness (QED) is 0.677. The Morgan fingerprint density at radius 2 is 2.04 bits per heavy atom. The highest BCUT2D eigenvalue weighted by atomic mass is 16.5. The monoisotopic (exact) mass is 367 g/mol. The van der Waals surface area contributed by atoms with Crippen molar-refractivity contribution in [3.63, 3.8) is 0 Å². The second kappa shape index (κ2) is 7.88. The van der Waals surface area contributed by atoms with Crippen molar-refractivity contribution in [2.24, 2.45) is 7.05 Å². The van der Waals surface area contributed by atoms with Crippen LogP contribution in [0.1, 0.15) is 47.1 Å². The highest BCUT2D eigenvalue weighted by Gasteiger charge is 2.23. The summed E-state index contributed by atoms with van der Waals surface area (Å²) in [5.41, 5.74) is 6.66. The minimum atomic E-state index is -0.243. The molecule has 3 aromatic rings. The Morgan fingerprint density at radius 1 is 1.26 bits per heavy atom. The van der Waals surface area contributed by atoms with Gasteiger partial charge in [0.25, 0.3) is 0 Å². The third kappa shape index (κ3) is 3.71. The molecular weight excluding hydrogens is 342 g/mol. The van der Waals surface area contributed by atoms with Crippen LogP contribution >= 0.6 is 0 Å². The fraction of sp³-hybridized carbons (Fsp3) is 0.381. The smallest absolute Gasteiger partial charge is 0.306 e. The molecule has 0 unspecified atom stereocenters. The van der Waals surface area contributed by atoms with Crippen molar-refractivity contribution in [2.75, 3.05) is 6.61 Å². The van der Waals surface area contributed by atoms with Gasteiger partial charge in [0.05, 0.1) is 25.2 Å². The summed E-state index contributed by atoms with van der Waals surface area (Å²) < 4.78 is 6.95. The van der Waals surface area contributed by atoms with E-state index >= 15 is 0 Å². The number of carbonyl (C=O) groups is 1. The van der Waals surface area contributed by atoms with Crippen LogP contribution in [-0.4, -0.2) is 32.7 Å². The van der Waals surface area contributed by atoms with Gasteiger partial charge in [0, 0.05) is 13.0 Å². The Labute approximate surface area is 158 Å². The number of hydrogen-bond donors (Lipinski definition) is 1. The predicted octanol–water partition coefficient (Wildman–Crippen LogP) is 3.16. The molecule has 0 aliphatic carbocycles. The van der Waals surface area contributed by atoms with E-state index < -0.39 is 0 Å². The summed E-state index contributed by atoms with van der Waals surface area (Å²) in [6.45, 7) is 6.09. The Morgan fingerprint density at radius 3 is 2.74 bits per heavy atom. The molecular formula is C21H25N3O3. The summed E-state index contributed by atoms with van der Waals surface area (Å²) in [6.07, 6.45) is 0.231. The summed E-state index contributed by atoms with van der Waals surface area (Å²) in [5, 5.41) is 18.0. The first-order valence-electron chi connectivity index (χ1n) is 9.11. The second-order valence-electron chi connectivity index (χ2n) is 6.77. The van der Waals surface area contributed by atoms with Crippen molar-refractivity contribution >= 4 is 17.0 Å². The molecule has 1 heterocycles. The first-order chi connectivity index (χ1) is 13.0. The number of carbonyl (C=O) groups excluding carboxylic acids is 1. The van der Waals surface area contributed by atoms with Gasteiger partial charge in [0.2, 0.25) is 0 Å². The van der Waals surface area contributed by atoms with Crippen LogP contribution < -0.4 is 0 Å². The number of rotatable bonds is 6. The number of aliphatic hydroxyl groups excluding tert-OH is 1. The van der Waals surface area contributed by atoms with Crippen LogP contribution in [0, 0.1) is 13.8 Å². The molecule has 2 aromatic carbocycles. The van der Waals surface area contributed by atoms with Gasteiger partial charge >= 0.3 is 5.97 Å². The Kier molecular flexibility index (Phi) is 5.56. The van der Waals surface area contributed by atoms with Crippen LogP contribution in [0.3, 0.4) is 0 Å². The highest BCUT2D eigenvalue weighted by molar-refractivity contribution is 5.80. The molecule has 3 rings (SSSR count). The molecule has 1 N–H and O–H groups in total. The van der Waals surface area contributed by atoms with Crippen molar-refractivity contribution in [1.82, 2.24) is 15.0 Å². The average Bonchev–Trinajstić information content (AvgIpc) is 3.03. The number of nitrogens with zero attached hydrogens (tertiary/aromatic N) is 3. The molecule has 1 atom stereocenters. The number of esters is 1. The van der Waals surface area contributed by atoms with Crippen molar-refractivity contribution in [1.29, 1.82) is 0 Å². The summed E-state index contributed by atoms with van der Waals surface area (Å²) in [6, 6.07) is 9.98. The zero-order valence-electron chi connectivity index (χ0n) is 16.2. The van der Waals surface area contributed by atoms with Crippen molar-refractivity contribution in [2.45, 2.75) is 39.7 Å². The van der Waals surface area contributed by atoms with E-state index in [0.29, 0.717) is 6.61 Å². The van der Waals surface area contributed by atoms with Crippen LogP contribution in [0.25, 0.3) is 11.0 Å². The Balaban J connectivity index is 2.12. The zero-order chi connectivity index (χ0) is 19.6. The summed E-state index contributed by atoms with van der Waals surface area (Å²) >= 11 is 0. The van der Waals surface area contributed by atoms with Crippen molar-refractivity contribution in [3.05, 3.63) is 58.1 Å². The van der Waals surface area contributed by atoms with E-state index in [1.807, 2.05) is 51.2 Å². The topological polar surface area (TPSA) is 77.2 Å². The average molecular weight is 367 g/mol. The van der Waals surface area contributed by atoms with E-state index in [0.717, 1.165) is 38.9 Å². The molecule has 0 aliphatic heterocycles. The van der Waals surface area contributed by atoms with Gasteiger partial charge in [-0.05, 0) is 54.7 Å². The molecule has 0 amide bonds. The van der Waals surface area contributed by atoms with Gasteiger partial charge in [-0.25, -0.2) is 4.68 Å². The fourth-order valence-corrected chi connectivity index (χ4v) is 3.50. The number of ether oxygens (including phenoxy) is 1. The lowest BCUT2D eigenvalue weighted by atomic mass is 9.84. The lowest BCUT2D eigenvalue weighted by Crippen LogP contribution is -2.13. The van der Waals surface area contributed by atoms with Gasteiger partial charge in [-0.2, -0.15) is 0 Å². The number of aryl methyl sites for hydroxylation is 3. The number of fused-ring (bicyclic) bond motifs is 1. The van der Waals surface area contributed by atoms with Crippen LogP contribution in [0.4, 0.5) is 0 Å². The minimum Gasteiger partial charge on any atom is -0.466 e.